The first kappa shape index (κ1) is 30.9. The lowest BCUT2D eigenvalue weighted by Gasteiger charge is -2.26. The van der Waals surface area contributed by atoms with E-state index in [-0.39, 0.29) is 12.5 Å². The normalized spacial score (nSPS) is 14.5. The van der Waals surface area contributed by atoms with E-state index in [0.717, 1.165) is 57.0 Å². The number of rotatable bonds is 12. The third-order valence-corrected chi connectivity index (χ3v) is 6.76. The number of hydrogen-bond donors (Lipinski definition) is 3. The van der Waals surface area contributed by atoms with Gasteiger partial charge in [-0.1, -0.05) is 42.5 Å². The van der Waals surface area contributed by atoms with Gasteiger partial charge in [-0.25, -0.2) is 4.79 Å². The number of benzene rings is 3. The van der Waals surface area contributed by atoms with E-state index in [1.165, 1.54) is 12.1 Å². The Bertz CT molecular complexity index is 1270. The molecule has 11 heteroatoms. The van der Waals surface area contributed by atoms with Gasteiger partial charge in [0.15, 0.2) is 0 Å². The Kier molecular flexibility index (Phi) is 11.2. The van der Waals surface area contributed by atoms with Crippen LogP contribution in [0.15, 0.2) is 78.9 Å². The number of alkyl halides is 3. The molecule has 8 nitrogen and oxygen atoms in total. The molecule has 0 aromatic heterocycles. The molecular formula is C31H35F3N4O4. The van der Waals surface area contributed by atoms with E-state index < -0.39 is 23.8 Å². The van der Waals surface area contributed by atoms with Crippen LogP contribution in [0.5, 0.6) is 5.75 Å². The van der Waals surface area contributed by atoms with E-state index in [2.05, 4.69) is 20.9 Å². The maximum Gasteiger partial charge on any atom is 0.416 e. The third kappa shape index (κ3) is 10.1. The van der Waals surface area contributed by atoms with Gasteiger partial charge in [0.05, 0.1) is 18.8 Å². The smallest absolute Gasteiger partial charge is 0.416 e. The van der Waals surface area contributed by atoms with Crippen molar-refractivity contribution in [3.8, 4) is 5.75 Å². The minimum Gasteiger partial charge on any atom is -0.489 e. The molecule has 0 bridgehead atoms. The van der Waals surface area contributed by atoms with Crippen molar-refractivity contribution >= 4 is 17.6 Å². The number of carbonyl (C=O) groups excluding carboxylic acids is 2. The Morgan fingerprint density at radius 2 is 1.60 bits per heavy atom. The van der Waals surface area contributed by atoms with E-state index in [1.54, 1.807) is 24.3 Å². The Morgan fingerprint density at radius 1 is 0.905 bits per heavy atom. The molecular weight excluding hydrogens is 549 g/mol. The number of ether oxygens (including phenoxy) is 2. The molecule has 3 aromatic carbocycles. The number of urea groups is 1. The first-order valence-electron chi connectivity index (χ1n) is 13.8. The van der Waals surface area contributed by atoms with E-state index in [4.69, 9.17) is 9.47 Å². The average molecular weight is 585 g/mol. The molecule has 224 valence electrons. The van der Waals surface area contributed by atoms with Crippen molar-refractivity contribution in [1.82, 2.24) is 15.5 Å². The van der Waals surface area contributed by atoms with E-state index in [0.29, 0.717) is 30.0 Å². The van der Waals surface area contributed by atoms with Crippen LogP contribution in [0.4, 0.5) is 23.7 Å². The van der Waals surface area contributed by atoms with Crippen LogP contribution in [0.2, 0.25) is 0 Å². The Labute approximate surface area is 243 Å². The Balaban J connectivity index is 1.26. The van der Waals surface area contributed by atoms with E-state index in [9.17, 15) is 22.8 Å². The first-order valence-corrected chi connectivity index (χ1v) is 13.8. The molecule has 3 amide bonds. The van der Waals surface area contributed by atoms with Gasteiger partial charge in [0, 0.05) is 31.7 Å². The molecule has 4 rings (SSSR count). The monoisotopic (exact) mass is 584 g/mol. The number of carbonyl (C=O) groups is 2. The molecule has 0 unspecified atom stereocenters. The molecule has 3 N–H and O–H groups in total. The van der Waals surface area contributed by atoms with Crippen molar-refractivity contribution in [1.29, 1.82) is 0 Å². The Morgan fingerprint density at radius 3 is 2.26 bits per heavy atom. The van der Waals surface area contributed by atoms with Gasteiger partial charge in [0.1, 0.15) is 18.4 Å². The van der Waals surface area contributed by atoms with Gasteiger partial charge in [-0.2, -0.15) is 13.2 Å². The zero-order chi connectivity index (χ0) is 29.8. The van der Waals surface area contributed by atoms with E-state index in [1.807, 2.05) is 30.3 Å². The summed E-state index contributed by atoms with van der Waals surface area (Å²) in [5, 5.41) is 8.46. The predicted octanol–water partition coefficient (Wildman–Crippen LogP) is 4.86. The number of halogens is 3. The van der Waals surface area contributed by atoms with Crippen LogP contribution >= 0.6 is 0 Å². The molecule has 0 aliphatic carbocycles. The van der Waals surface area contributed by atoms with Gasteiger partial charge in [-0.3, -0.25) is 9.69 Å². The summed E-state index contributed by atoms with van der Waals surface area (Å²) in [5.41, 5.74) is 1.28. The van der Waals surface area contributed by atoms with Gasteiger partial charge in [-0.15, -0.1) is 0 Å². The summed E-state index contributed by atoms with van der Waals surface area (Å²) in [5.74, 6) is 0.224. The van der Waals surface area contributed by atoms with Crippen molar-refractivity contribution < 1.29 is 32.2 Å². The molecule has 1 atom stereocenters. The SMILES string of the molecule is O=C(Nc1ccc(OCc2ccc(C(F)(F)F)cc2)cc1)N[C@H](Cc1ccccc1)C(=O)NCCCN1CCOCC1. The highest BCUT2D eigenvalue weighted by Crippen LogP contribution is 2.29. The van der Waals surface area contributed by atoms with Gasteiger partial charge in [0.25, 0.3) is 0 Å². The predicted molar refractivity (Wildman–Crippen MR) is 153 cm³/mol. The lowest BCUT2D eigenvalue weighted by atomic mass is 10.1. The lowest BCUT2D eigenvalue weighted by Crippen LogP contribution is -2.49. The fourth-order valence-corrected chi connectivity index (χ4v) is 4.44. The van der Waals surface area contributed by atoms with Gasteiger partial charge < -0.3 is 25.4 Å². The van der Waals surface area contributed by atoms with Crippen LogP contribution in [0.25, 0.3) is 0 Å². The molecule has 1 fully saturated rings. The number of anilines is 1. The van der Waals surface area contributed by atoms with Crippen molar-refractivity contribution in [2.75, 3.05) is 44.7 Å². The van der Waals surface area contributed by atoms with Crippen LogP contribution in [0, 0.1) is 0 Å². The maximum absolute atomic E-state index is 13.0. The van der Waals surface area contributed by atoms with Crippen molar-refractivity contribution in [2.24, 2.45) is 0 Å². The fraction of sp³-hybridized carbons (Fsp3) is 0.355. The zero-order valence-corrected chi connectivity index (χ0v) is 23.2. The summed E-state index contributed by atoms with van der Waals surface area (Å²) in [7, 11) is 0. The topological polar surface area (TPSA) is 91.9 Å². The number of nitrogens with zero attached hydrogens (tertiary/aromatic N) is 1. The minimum absolute atomic E-state index is 0.0914. The number of amides is 3. The number of nitrogens with one attached hydrogen (secondary N) is 3. The molecule has 1 aliphatic heterocycles. The molecule has 0 spiro atoms. The molecule has 3 aromatic rings. The molecule has 42 heavy (non-hydrogen) atoms. The Hall–Kier alpha value is -4.09. The van der Waals surface area contributed by atoms with Crippen LogP contribution in [-0.4, -0.2) is 62.3 Å². The first-order chi connectivity index (χ1) is 20.3. The summed E-state index contributed by atoms with van der Waals surface area (Å²) in [6.45, 7) is 4.68. The largest absolute Gasteiger partial charge is 0.489 e. The number of hydrogen-bond acceptors (Lipinski definition) is 5. The standard InChI is InChI=1S/C31H35F3N4O4/c32-31(33,34)25-9-7-24(8-10-25)22-42-27-13-11-26(12-14-27)36-30(40)37-28(21-23-5-2-1-3-6-23)29(39)35-15-4-16-38-17-19-41-20-18-38/h1-3,5-14,28H,4,15-22H2,(H,35,39)(H2,36,37,40)/t28-/m1/s1. The molecule has 1 heterocycles. The van der Waals surface area contributed by atoms with Crippen molar-refractivity contribution in [2.45, 2.75) is 31.7 Å². The summed E-state index contributed by atoms with van der Waals surface area (Å²) in [4.78, 5) is 28.1. The maximum atomic E-state index is 13.0. The molecule has 0 saturated carbocycles. The van der Waals surface area contributed by atoms with E-state index >= 15 is 0 Å². The van der Waals surface area contributed by atoms with Crippen molar-refractivity contribution in [3.05, 3.63) is 95.6 Å². The highest BCUT2D eigenvalue weighted by Gasteiger charge is 2.30. The fourth-order valence-electron chi connectivity index (χ4n) is 4.44. The van der Waals surface area contributed by atoms with Crippen LogP contribution in [0.3, 0.4) is 0 Å². The quantitative estimate of drug-likeness (QED) is 0.265. The van der Waals surface area contributed by atoms with Gasteiger partial charge >= 0.3 is 12.2 Å². The highest BCUT2D eigenvalue weighted by molar-refractivity contribution is 5.93. The summed E-state index contributed by atoms with van der Waals surface area (Å²) in [6, 6.07) is 19.5. The van der Waals surface area contributed by atoms with Gasteiger partial charge in [-0.05, 0) is 60.5 Å². The minimum atomic E-state index is -4.39. The molecule has 0 radical (unpaired) electrons. The van der Waals surface area contributed by atoms with Crippen LogP contribution in [0.1, 0.15) is 23.1 Å². The molecule has 1 aliphatic rings. The summed E-state index contributed by atoms with van der Waals surface area (Å²) in [6.07, 6.45) is -3.26. The van der Waals surface area contributed by atoms with Gasteiger partial charge in [0.2, 0.25) is 5.91 Å². The van der Waals surface area contributed by atoms with Crippen molar-refractivity contribution in [3.63, 3.8) is 0 Å². The average Bonchev–Trinajstić information content (AvgIpc) is 2.99. The highest BCUT2D eigenvalue weighted by atomic mass is 19.4. The second-order valence-corrected chi connectivity index (χ2v) is 9.95. The zero-order valence-electron chi connectivity index (χ0n) is 23.2. The second kappa shape index (κ2) is 15.2. The van der Waals surface area contributed by atoms with Crippen LogP contribution in [-0.2, 0) is 28.7 Å². The summed E-state index contributed by atoms with van der Waals surface area (Å²) < 4.78 is 49.2. The van der Waals surface area contributed by atoms with Crippen LogP contribution < -0.4 is 20.7 Å². The molecule has 1 saturated heterocycles. The third-order valence-electron chi connectivity index (χ3n) is 6.76. The summed E-state index contributed by atoms with van der Waals surface area (Å²) >= 11 is 0. The lowest BCUT2D eigenvalue weighted by molar-refractivity contribution is -0.137. The second-order valence-electron chi connectivity index (χ2n) is 9.95. The number of morpholine rings is 1.